The average molecular weight is 416 g/mol. The van der Waals surface area contributed by atoms with E-state index in [2.05, 4.69) is 37.8 Å². The summed E-state index contributed by atoms with van der Waals surface area (Å²) in [6, 6.07) is 14.5. The van der Waals surface area contributed by atoms with Crippen molar-refractivity contribution in [3.63, 3.8) is 0 Å². The molecule has 0 fully saturated rings. The third kappa shape index (κ3) is 4.82. The molecule has 0 radical (unpaired) electrons. The second kappa shape index (κ2) is 8.72. The molecule has 31 heavy (non-hydrogen) atoms. The van der Waals surface area contributed by atoms with E-state index < -0.39 is 0 Å². The van der Waals surface area contributed by atoms with Crippen molar-refractivity contribution < 1.29 is 9.59 Å². The Morgan fingerprint density at radius 3 is 2.13 bits per heavy atom. The molecule has 0 unspecified atom stereocenters. The average Bonchev–Trinajstić information content (AvgIpc) is 3.02. The molecule has 0 bridgehead atoms. The van der Waals surface area contributed by atoms with E-state index in [0.29, 0.717) is 23.2 Å². The summed E-state index contributed by atoms with van der Waals surface area (Å²) >= 11 is 0. The van der Waals surface area contributed by atoms with Crippen molar-refractivity contribution in [3.05, 3.63) is 94.8 Å². The summed E-state index contributed by atoms with van der Waals surface area (Å²) in [5.74, 6) is -0.390. The number of carbonyl (C=O) groups excluding carboxylic acids is 2. The molecule has 1 heterocycles. The molecule has 1 aromatic heterocycles. The van der Waals surface area contributed by atoms with Crippen LogP contribution >= 0.6 is 0 Å². The van der Waals surface area contributed by atoms with E-state index in [1.165, 1.54) is 10.2 Å². The molecule has 0 aliphatic rings. The zero-order valence-corrected chi connectivity index (χ0v) is 18.8. The predicted octanol–water partition coefficient (Wildman–Crippen LogP) is 5.47. The Hall–Kier alpha value is -3.47. The summed E-state index contributed by atoms with van der Waals surface area (Å²) < 4.78 is 1.43. The molecule has 0 aliphatic heterocycles. The third-order valence-corrected chi connectivity index (χ3v) is 5.38. The summed E-state index contributed by atoms with van der Waals surface area (Å²) in [6.45, 7) is 13.9. The first-order valence-electron chi connectivity index (χ1n) is 10.3. The zero-order valence-electron chi connectivity index (χ0n) is 18.8. The highest BCUT2D eigenvalue weighted by molar-refractivity contribution is 6.04. The highest BCUT2D eigenvalue weighted by Gasteiger charge is 2.18. The fraction of sp³-hybridized carbons (Fsp3) is 0.269. The molecule has 3 aromatic rings. The molecule has 5 heteroatoms. The predicted molar refractivity (Wildman–Crippen MR) is 125 cm³/mol. The fourth-order valence-electron chi connectivity index (χ4n) is 3.46. The maximum absolute atomic E-state index is 12.9. The van der Waals surface area contributed by atoms with E-state index in [1.54, 1.807) is 30.3 Å². The number of aryl methyl sites for hydroxylation is 1. The first-order valence-corrected chi connectivity index (χ1v) is 10.3. The van der Waals surface area contributed by atoms with Gasteiger partial charge in [-0.05, 0) is 67.6 Å². The topological polar surface area (TPSA) is 64.0 Å². The highest BCUT2D eigenvalue weighted by Crippen LogP contribution is 2.23. The number of nitrogens with zero attached hydrogens (tertiary/aromatic N) is 2. The van der Waals surface area contributed by atoms with Crippen molar-refractivity contribution in [3.8, 4) is 0 Å². The van der Waals surface area contributed by atoms with Gasteiger partial charge >= 0.3 is 0 Å². The van der Waals surface area contributed by atoms with Crippen molar-refractivity contribution in [2.45, 2.75) is 46.5 Å². The van der Waals surface area contributed by atoms with Gasteiger partial charge in [-0.2, -0.15) is 5.10 Å². The number of aromatic nitrogens is 2. The van der Waals surface area contributed by atoms with Crippen molar-refractivity contribution >= 4 is 17.5 Å². The van der Waals surface area contributed by atoms with Crippen LogP contribution in [0.25, 0.3) is 0 Å². The lowest BCUT2D eigenvalue weighted by atomic mass is 9.87. The van der Waals surface area contributed by atoms with Crippen LogP contribution in [0.3, 0.4) is 0 Å². The second-order valence-electron chi connectivity index (χ2n) is 8.72. The van der Waals surface area contributed by atoms with Crippen LogP contribution in [0.4, 0.5) is 5.69 Å². The van der Waals surface area contributed by atoms with Crippen LogP contribution in [0.1, 0.15) is 64.0 Å². The van der Waals surface area contributed by atoms with Gasteiger partial charge in [-0.15, -0.1) is 6.58 Å². The Bertz CT molecular complexity index is 1120. The van der Waals surface area contributed by atoms with E-state index in [0.717, 1.165) is 17.0 Å². The smallest absolute Gasteiger partial charge is 0.278 e. The van der Waals surface area contributed by atoms with Crippen molar-refractivity contribution in [2.24, 2.45) is 0 Å². The molecule has 1 amide bonds. The number of allylic oxidation sites excluding steroid dienone is 1. The summed E-state index contributed by atoms with van der Waals surface area (Å²) in [5.41, 5.74) is 5.59. The normalized spacial score (nSPS) is 11.3. The number of amides is 1. The number of carbonyl (C=O) groups is 2. The van der Waals surface area contributed by atoms with Gasteiger partial charge in [0.25, 0.3) is 11.8 Å². The molecular formula is C26H29N3O2. The van der Waals surface area contributed by atoms with Gasteiger partial charge in [-0.1, -0.05) is 39.0 Å². The molecule has 3 rings (SSSR count). The van der Waals surface area contributed by atoms with Gasteiger partial charge in [0, 0.05) is 28.1 Å². The Morgan fingerprint density at radius 1 is 1.00 bits per heavy atom. The molecular weight excluding hydrogens is 386 g/mol. The van der Waals surface area contributed by atoms with Gasteiger partial charge in [-0.3, -0.25) is 9.59 Å². The quantitative estimate of drug-likeness (QED) is 0.562. The van der Waals surface area contributed by atoms with Crippen LogP contribution in [0.5, 0.6) is 0 Å². The van der Waals surface area contributed by atoms with E-state index in [4.69, 9.17) is 0 Å². The lowest BCUT2D eigenvalue weighted by Crippen LogP contribution is -2.16. The van der Waals surface area contributed by atoms with Crippen LogP contribution in [0.2, 0.25) is 0 Å². The largest absolute Gasteiger partial charge is 0.322 e. The van der Waals surface area contributed by atoms with Crippen LogP contribution in [-0.4, -0.2) is 21.6 Å². The van der Waals surface area contributed by atoms with Crippen LogP contribution in [-0.2, 0) is 11.8 Å². The molecule has 0 aliphatic carbocycles. The lowest BCUT2D eigenvalue weighted by Gasteiger charge is -2.19. The number of hydrogen-bond donors (Lipinski definition) is 1. The van der Waals surface area contributed by atoms with Crippen molar-refractivity contribution in [2.75, 3.05) is 5.32 Å². The van der Waals surface area contributed by atoms with Crippen LogP contribution in [0, 0.1) is 13.8 Å². The molecule has 0 saturated heterocycles. The van der Waals surface area contributed by atoms with Crippen LogP contribution in [0.15, 0.2) is 61.2 Å². The minimum atomic E-state index is -0.202. The molecule has 0 atom stereocenters. The minimum absolute atomic E-state index is 0.0370. The number of benzene rings is 2. The van der Waals surface area contributed by atoms with Gasteiger partial charge in [0.15, 0.2) is 0 Å². The lowest BCUT2D eigenvalue weighted by molar-refractivity contribution is 0.0941. The first-order chi connectivity index (χ1) is 14.6. The van der Waals surface area contributed by atoms with E-state index >= 15 is 0 Å². The van der Waals surface area contributed by atoms with E-state index in [1.807, 2.05) is 38.1 Å². The van der Waals surface area contributed by atoms with E-state index in [-0.39, 0.29) is 17.2 Å². The van der Waals surface area contributed by atoms with Crippen molar-refractivity contribution in [1.29, 1.82) is 0 Å². The van der Waals surface area contributed by atoms with Gasteiger partial charge in [-0.25, -0.2) is 4.68 Å². The molecule has 0 spiro atoms. The zero-order chi connectivity index (χ0) is 22.8. The molecule has 1 N–H and O–H groups in total. The minimum Gasteiger partial charge on any atom is -0.322 e. The highest BCUT2D eigenvalue weighted by atomic mass is 16.2. The number of nitrogens with one attached hydrogen (secondary N) is 1. The standard InChI is InChI=1S/C26H29N3O2/c1-7-8-23-17(2)28-29(18(23)3)25(31)20-11-15-22(16-12-20)27-24(30)19-9-13-21(14-10-19)26(4,5)6/h7,9-16H,1,8H2,2-6H3,(H,27,30). The fourth-order valence-corrected chi connectivity index (χ4v) is 3.46. The molecule has 5 nitrogen and oxygen atoms in total. The number of rotatable bonds is 5. The molecule has 0 saturated carbocycles. The maximum Gasteiger partial charge on any atom is 0.278 e. The van der Waals surface area contributed by atoms with Gasteiger partial charge in [0.1, 0.15) is 0 Å². The van der Waals surface area contributed by atoms with Gasteiger partial charge in [0.05, 0.1) is 5.69 Å². The van der Waals surface area contributed by atoms with Gasteiger partial charge in [0.2, 0.25) is 0 Å². The summed E-state index contributed by atoms with van der Waals surface area (Å²) in [6.07, 6.45) is 2.48. The Morgan fingerprint density at radius 2 is 1.58 bits per heavy atom. The Balaban J connectivity index is 1.73. The number of hydrogen-bond acceptors (Lipinski definition) is 3. The van der Waals surface area contributed by atoms with Gasteiger partial charge < -0.3 is 5.32 Å². The Labute approximate surface area is 183 Å². The second-order valence-corrected chi connectivity index (χ2v) is 8.72. The van der Waals surface area contributed by atoms with E-state index in [9.17, 15) is 9.59 Å². The SMILES string of the molecule is C=CCc1c(C)nn(C(=O)c2ccc(NC(=O)c3ccc(C(C)(C)C)cc3)cc2)c1C. The summed E-state index contributed by atoms with van der Waals surface area (Å²) in [7, 11) is 0. The molecule has 160 valence electrons. The summed E-state index contributed by atoms with van der Waals surface area (Å²) in [4.78, 5) is 25.5. The maximum atomic E-state index is 12.9. The Kier molecular flexibility index (Phi) is 6.25. The summed E-state index contributed by atoms with van der Waals surface area (Å²) in [5, 5.41) is 7.27. The van der Waals surface area contributed by atoms with Crippen LogP contribution < -0.4 is 5.32 Å². The van der Waals surface area contributed by atoms with Crippen molar-refractivity contribution in [1.82, 2.24) is 9.78 Å². The molecule has 2 aromatic carbocycles. The third-order valence-electron chi connectivity index (χ3n) is 5.38. The first kappa shape index (κ1) is 22.2. The number of anilines is 1. The monoisotopic (exact) mass is 415 g/mol.